The van der Waals surface area contributed by atoms with Crippen molar-refractivity contribution in [3.8, 4) is 0 Å². The third-order valence-electron chi connectivity index (χ3n) is 4.67. The highest BCUT2D eigenvalue weighted by Gasteiger charge is 2.24. The molecule has 0 spiro atoms. The Balaban J connectivity index is 1.77. The molecule has 29 heavy (non-hydrogen) atoms. The van der Waals surface area contributed by atoms with Crippen molar-refractivity contribution in [1.29, 1.82) is 0 Å². The second-order valence-corrected chi connectivity index (χ2v) is 7.69. The van der Waals surface area contributed by atoms with Crippen molar-refractivity contribution in [2.24, 2.45) is 0 Å². The topological polar surface area (TPSA) is 58.2 Å². The van der Waals surface area contributed by atoms with Crippen molar-refractivity contribution in [3.63, 3.8) is 0 Å². The van der Waals surface area contributed by atoms with Gasteiger partial charge in [0.25, 0.3) is 5.91 Å². The third kappa shape index (κ3) is 5.78. The maximum absolute atomic E-state index is 13.1. The summed E-state index contributed by atoms with van der Waals surface area (Å²) in [6, 6.07) is 25.5. The molecule has 2 unspecified atom stereocenters. The highest BCUT2D eigenvalue weighted by atomic mass is 79.9. The fraction of sp³-hybridized carbons (Fsp3) is 0.167. The highest BCUT2D eigenvalue weighted by molar-refractivity contribution is 9.10. The molecule has 0 heterocycles. The standard InChI is InChI=1S/C24H23BrN2O2/c1-17(20-14-8-9-15-21(20)25)26-24(29)22(16-18-10-4-2-5-11-18)27-23(28)19-12-6-3-7-13-19/h2-15,17,22H,16H2,1H3,(H,26,29)(H,27,28). The first-order valence-electron chi connectivity index (χ1n) is 9.49. The third-order valence-corrected chi connectivity index (χ3v) is 5.39. The Bertz CT molecular complexity index is 961. The zero-order valence-electron chi connectivity index (χ0n) is 16.1. The molecule has 2 atom stereocenters. The van der Waals surface area contributed by atoms with E-state index in [1.54, 1.807) is 24.3 Å². The van der Waals surface area contributed by atoms with Gasteiger partial charge < -0.3 is 10.6 Å². The Hall–Kier alpha value is -2.92. The van der Waals surface area contributed by atoms with Gasteiger partial charge in [-0.25, -0.2) is 0 Å². The van der Waals surface area contributed by atoms with Crippen LogP contribution in [0, 0.1) is 0 Å². The van der Waals surface area contributed by atoms with Crippen LogP contribution in [0.3, 0.4) is 0 Å². The van der Waals surface area contributed by atoms with Gasteiger partial charge in [-0.2, -0.15) is 0 Å². The second kappa shape index (κ2) is 10.0. The Labute approximate surface area is 179 Å². The average Bonchev–Trinajstić information content (AvgIpc) is 2.74. The van der Waals surface area contributed by atoms with Gasteiger partial charge >= 0.3 is 0 Å². The van der Waals surface area contributed by atoms with Crippen molar-refractivity contribution in [2.45, 2.75) is 25.4 Å². The Kier molecular flexibility index (Phi) is 7.19. The summed E-state index contributed by atoms with van der Waals surface area (Å²) in [5, 5.41) is 5.92. The Morgan fingerprint density at radius 1 is 0.828 bits per heavy atom. The first-order valence-corrected chi connectivity index (χ1v) is 10.3. The minimum Gasteiger partial charge on any atom is -0.348 e. The summed E-state index contributed by atoms with van der Waals surface area (Å²) in [7, 11) is 0. The number of amides is 2. The molecule has 0 saturated carbocycles. The number of hydrogen-bond donors (Lipinski definition) is 2. The van der Waals surface area contributed by atoms with Gasteiger partial charge in [-0.1, -0.05) is 82.7 Å². The molecule has 0 radical (unpaired) electrons. The molecule has 5 heteroatoms. The van der Waals surface area contributed by atoms with E-state index in [-0.39, 0.29) is 17.9 Å². The predicted molar refractivity (Wildman–Crippen MR) is 119 cm³/mol. The van der Waals surface area contributed by atoms with Crippen LogP contribution in [0.25, 0.3) is 0 Å². The van der Waals surface area contributed by atoms with E-state index in [2.05, 4.69) is 26.6 Å². The van der Waals surface area contributed by atoms with Crippen LogP contribution in [0.15, 0.2) is 89.4 Å². The average molecular weight is 451 g/mol. The monoisotopic (exact) mass is 450 g/mol. The highest BCUT2D eigenvalue weighted by Crippen LogP contribution is 2.22. The van der Waals surface area contributed by atoms with Gasteiger partial charge in [0.1, 0.15) is 6.04 Å². The summed E-state index contributed by atoms with van der Waals surface area (Å²) in [5.41, 5.74) is 2.49. The lowest BCUT2D eigenvalue weighted by Gasteiger charge is -2.22. The van der Waals surface area contributed by atoms with Gasteiger partial charge in [0, 0.05) is 16.5 Å². The van der Waals surface area contributed by atoms with Crippen LogP contribution in [0.5, 0.6) is 0 Å². The van der Waals surface area contributed by atoms with Crippen molar-refractivity contribution in [1.82, 2.24) is 10.6 Å². The molecule has 3 aromatic carbocycles. The van der Waals surface area contributed by atoms with Crippen LogP contribution < -0.4 is 10.6 Å². The fourth-order valence-corrected chi connectivity index (χ4v) is 3.74. The summed E-state index contributed by atoms with van der Waals surface area (Å²) in [6.07, 6.45) is 0.411. The van der Waals surface area contributed by atoms with E-state index < -0.39 is 6.04 Å². The number of benzene rings is 3. The van der Waals surface area contributed by atoms with Gasteiger partial charge in [-0.15, -0.1) is 0 Å². The minimum absolute atomic E-state index is 0.204. The lowest BCUT2D eigenvalue weighted by atomic mass is 10.0. The van der Waals surface area contributed by atoms with Gasteiger partial charge in [-0.3, -0.25) is 9.59 Å². The van der Waals surface area contributed by atoms with Crippen LogP contribution in [0.4, 0.5) is 0 Å². The van der Waals surface area contributed by atoms with Crippen molar-refractivity contribution in [3.05, 3.63) is 106 Å². The zero-order chi connectivity index (χ0) is 20.6. The molecule has 2 N–H and O–H groups in total. The molecule has 4 nitrogen and oxygen atoms in total. The van der Waals surface area contributed by atoms with E-state index in [1.807, 2.05) is 67.6 Å². The van der Waals surface area contributed by atoms with Crippen molar-refractivity contribution < 1.29 is 9.59 Å². The summed E-state index contributed by atoms with van der Waals surface area (Å²) in [5.74, 6) is -0.489. The van der Waals surface area contributed by atoms with Crippen molar-refractivity contribution in [2.75, 3.05) is 0 Å². The molecular weight excluding hydrogens is 428 g/mol. The number of carbonyl (C=O) groups is 2. The second-order valence-electron chi connectivity index (χ2n) is 6.83. The van der Waals surface area contributed by atoms with E-state index in [9.17, 15) is 9.59 Å². The molecule has 0 bridgehead atoms. The van der Waals surface area contributed by atoms with Crippen LogP contribution in [-0.4, -0.2) is 17.9 Å². The fourth-order valence-electron chi connectivity index (χ4n) is 3.11. The molecule has 3 rings (SSSR count). The maximum atomic E-state index is 13.1. The van der Waals surface area contributed by atoms with Gasteiger partial charge in [0.2, 0.25) is 5.91 Å². The maximum Gasteiger partial charge on any atom is 0.251 e. The molecule has 0 fully saturated rings. The normalized spacial score (nSPS) is 12.6. The van der Waals surface area contributed by atoms with E-state index >= 15 is 0 Å². The van der Waals surface area contributed by atoms with Crippen LogP contribution >= 0.6 is 15.9 Å². The SMILES string of the molecule is CC(NC(=O)C(Cc1ccccc1)NC(=O)c1ccccc1)c1ccccc1Br. The lowest BCUT2D eigenvalue weighted by Crippen LogP contribution is -2.48. The Morgan fingerprint density at radius 2 is 1.41 bits per heavy atom. The molecular formula is C24H23BrN2O2. The van der Waals surface area contributed by atoms with E-state index in [1.165, 1.54) is 0 Å². The first kappa shape index (κ1) is 20.8. The van der Waals surface area contributed by atoms with Gasteiger partial charge in [0.05, 0.1) is 6.04 Å². The number of nitrogens with one attached hydrogen (secondary N) is 2. The minimum atomic E-state index is -0.685. The smallest absolute Gasteiger partial charge is 0.251 e. The number of rotatable bonds is 7. The van der Waals surface area contributed by atoms with Gasteiger partial charge in [-0.05, 0) is 36.2 Å². The zero-order valence-corrected chi connectivity index (χ0v) is 17.7. The van der Waals surface area contributed by atoms with E-state index in [0.717, 1.165) is 15.6 Å². The lowest BCUT2D eigenvalue weighted by molar-refractivity contribution is -0.123. The van der Waals surface area contributed by atoms with E-state index in [4.69, 9.17) is 0 Å². The molecule has 0 aromatic heterocycles. The summed E-state index contributed by atoms with van der Waals surface area (Å²) >= 11 is 3.53. The number of halogens is 1. The molecule has 2 amide bonds. The molecule has 0 saturated heterocycles. The molecule has 0 aliphatic carbocycles. The first-order chi connectivity index (χ1) is 14.0. The molecule has 148 valence electrons. The van der Waals surface area contributed by atoms with Gasteiger partial charge in [0.15, 0.2) is 0 Å². The largest absolute Gasteiger partial charge is 0.348 e. The summed E-state index contributed by atoms with van der Waals surface area (Å²) in [4.78, 5) is 25.7. The molecule has 0 aliphatic rings. The van der Waals surface area contributed by atoms with Crippen LogP contribution in [0.2, 0.25) is 0 Å². The van der Waals surface area contributed by atoms with E-state index in [0.29, 0.717) is 12.0 Å². The van der Waals surface area contributed by atoms with Crippen LogP contribution in [0.1, 0.15) is 34.5 Å². The number of hydrogen-bond acceptors (Lipinski definition) is 2. The van der Waals surface area contributed by atoms with Crippen molar-refractivity contribution >= 4 is 27.7 Å². The summed E-state index contributed by atoms with van der Waals surface area (Å²) in [6.45, 7) is 1.93. The quantitative estimate of drug-likeness (QED) is 0.549. The molecule has 0 aliphatic heterocycles. The number of carbonyl (C=O) groups excluding carboxylic acids is 2. The van der Waals surface area contributed by atoms with Crippen LogP contribution in [-0.2, 0) is 11.2 Å². The predicted octanol–water partition coefficient (Wildman–Crippen LogP) is 4.67. The Morgan fingerprint density at radius 3 is 2.07 bits per heavy atom. The molecule has 3 aromatic rings. The summed E-state index contributed by atoms with van der Waals surface area (Å²) < 4.78 is 0.931.